The normalized spacial score (nSPS) is 11.6. The van der Waals surface area contributed by atoms with Gasteiger partial charge in [0, 0.05) is 5.56 Å². The lowest BCUT2D eigenvalue weighted by Gasteiger charge is -2.13. The highest BCUT2D eigenvalue weighted by atomic mass is 19.4. The number of rotatable bonds is 6. The standard InChI is InChI=1S/C23H17F7O/c1-2-3-13-4-6-15(7-5-13)16-8-9-19(22(27)21(16)26)31-12-14-10-17(24)20(18(25)11-14)23(28,29)30/h4-11H,2-3,12H2,1H3. The van der Waals surface area contributed by atoms with Gasteiger partial charge in [0.1, 0.15) is 23.8 Å². The largest absolute Gasteiger partial charge is 0.486 e. The highest BCUT2D eigenvalue weighted by Gasteiger charge is 2.37. The van der Waals surface area contributed by atoms with E-state index in [0.717, 1.165) is 24.5 Å². The van der Waals surface area contributed by atoms with E-state index >= 15 is 0 Å². The third-order valence-electron chi connectivity index (χ3n) is 4.63. The van der Waals surface area contributed by atoms with Crippen molar-refractivity contribution < 1.29 is 35.5 Å². The Morgan fingerprint density at radius 2 is 1.39 bits per heavy atom. The van der Waals surface area contributed by atoms with Gasteiger partial charge in [-0.25, -0.2) is 13.2 Å². The van der Waals surface area contributed by atoms with Crippen molar-refractivity contribution in [2.24, 2.45) is 0 Å². The van der Waals surface area contributed by atoms with Crippen LogP contribution in [0, 0.1) is 23.3 Å². The van der Waals surface area contributed by atoms with Gasteiger partial charge in [-0.05, 0) is 47.4 Å². The molecule has 31 heavy (non-hydrogen) atoms. The van der Waals surface area contributed by atoms with Gasteiger partial charge in [-0.15, -0.1) is 0 Å². The fraction of sp³-hybridized carbons (Fsp3) is 0.217. The van der Waals surface area contributed by atoms with Gasteiger partial charge in [-0.1, -0.05) is 37.6 Å². The molecule has 0 saturated heterocycles. The maximum Gasteiger partial charge on any atom is 0.422 e. The first-order valence-electron chi connectivity index (χ1n) is 9.37. The first-order chi connectivity index (χ1) is 14.6. The molecule has 0 aromatic heterocycles. The summed E-state index contributed by atoms with van der Waals surface area (Å²) >= 11 is 0. The molecule has 3 aromatic rings. The second-order valence-corrected chi connectivity index (χ2v) is 6.91. The van der Waals surface area contributed by atoms with Gasteiger partial charge < -0.3 is 4.74 Å². The Balaban J connectivity index is 1.80. The van der Waals surface area contributed by atoms with Gasteiger partial charge in [0.2, 0.25) is 5.82 Å². The molecule has 0 radical (unpaired) electrons. The van der Waals surface area contributed by atoms with Crippen LogP contribution in [0.5, 0.6) is 5.75 Å². The summed E-state index contributed by atoms with van der Waals surface area (Å²) < 4.78 is 99.2. The molecule has 0 fully saturated rings. The molecular weight excluding hydrogens is 425 g/mol. The first-order valence-corrected chi connectivity index (χ1v) is 9.37. The van der Waals surface area contributed by atoms with Crippen molar-refractivity contribution in [1.29, 1.82) is 0 Å². The van der Waals surface area contributed by atoms with Crippen LogP contribution in [-0.2, 0) is 19.2 Å². The average molecular weight is 442 g/mol. The Hall–Kier alpha value is -3.03. The molecule has 0 aliphatic carbocycles. The minimum Gasteiger partial charge on any atom is -0.486 e. The Kier molecular flexibility index (Phi) is 6.57. The second-order valence-electron chi connectivity index (χ2n) is 6.91. The molecule has 164 valence electrons. The van der Waals surface area contributed by atoms with Crippen LogP contribution in [0.4, 0.5) is 30.7 Å². The van der Waals surface area contributed by atoms with Crippen LogP contribution in [0.1, 0.15) is 30.0 Å². The van der Waals surface area contributed by atoms with Gasteiger partial charge in [0.05, 0.1) is 0 Å². The first kappa shape index (κ1) is 22.7. The van der Waals surface area contributed by atoms with E-state index in [2.05, 4.69) is 0 Å². The van der Waals surface area contributed by atoms with Crippen molar-refractivity contribution in [1.82, 2.24) is 0 Å². The van der Waals surface area contributed by atoms with E-state index in [4.69, 9.17) is 4.74 Å². The van der Waals surface area contributed by atoms with E-state index < -0.39 is 47.4 Å². The molecule has 0 atom stereocenters. The molecular formula is C23H17F7O. The lowest BCUT2D eigenvalue weighted by molar-refractivity contribution is -0.142. The molecule has 3 aromatic carbocycles. The number of alkyl halides is 3. The van der Waals surface area contributed by atoms with Crippen molar-refractivity contribution >= 4 is 0 Å². The van der Waals surface area contributed by atoms with Gasteiger partial charge in [-0.3, -0.25) is 0 Å². The highest BCUT2D eigenvalue weighted by Crippen LogP contribution is 2.35. The zero-order valence-electron chi connectivity index (χ0n) is 16.3. The van der Waals surface area contributed by atoms with Crippen molar-refractivity contribution in [3.05, 3.63) is 88.5 Å². The minimum absolute atomic E-state index is 0.000447. The number of aryl methyl sites for hydroxylation is 1. The van der Waals surface area contributed by atoms with Crippen LogP contribution < -0.4 is 4.74 Å². The fourth-order valence-corrected chi connectivity index (χ4v) is 3.15. The summed E-state index contributed by atoms with van der Waals surface area (Å²) in [6.45, 7) is 1.36. The molecule has 0 aliphatic rings. The number of benzene rings is 3. The van der Waals surface area contributed by atoms with Crippen molar-refractivity contribution in [2.75, 3.05) is 0 Å². The van der Waals surface area contributed by atoms with Gasteiger partial charge in [-0.2, -0.15) is 17.6 Å². The van der Waals surface area contributed by atoms with Gasteiger partial charge in [0.25, 0.3) is 0 Å². The third kappa shape index (κ3) is 5.00. The Morgan fingerprint density at radius 3 is 1.94 bits per heavy atom. The van der Waals surface area contributed by atoms with Crippen LogP contribution >= 0.6 is 0 Å². The quantitative estimate of drug-likeness (QED) is 0.360. The molecule has 0 N–H and O–H groups in total. The van der Waals surface area contributed by atoms with Crippen LogP contribution in [0.25, 0.3) is 11.1 Å². The molecule has 0 heterocycles. The van der Waals surface area contributed by atoms with Crippen molar-refractivity contribution in [2.45, 2.75) is 32.5 Å². The average Bonchev–Trinajstić information content (AvgIpc) is 2.68. The summed E-state index contributed by atoms with van der Waals surface area (Å²) in [5, 5.41) is 0. The van der Waals surface area contributed by atoms with E-state index in [0.29, 0.717) is 17.7 Å². The summed E-state index contributed by atoms with van der Waals surface area (Å²) in [7, 11) is 0. The topological polar surface area (TPSA) is 9.23 Å². The molecule has 1 nitrogen and oxygen atoms in total. The van der Waals surface area contributed by atoms with E-state index in [1.165, 1.54) is 6.07 Å². The Labute approximate surface area is 174 Å². The van der Waals surface area contributed by atoms with Crippen LogP contribution in [0.15, 0.2) is 48.5 Å². The third-order valence-corrected chi connectivity index (χ3v) is 4.63. The van der Waals surface area contributed by atoms with Gasteiger partial charge in [0.15, 0.2) is 11.6 Å². The summed E-state index contributed by atoms with van der Waals surface area (Å²) in [5.41, 5.74) is -0.821. The maximum atomic E-state index is 14.5. The molecule has 0 amide bonds. The summed E-state index contributed by atoms with van der Waals surface area (Å²) in [5.74, 6) is -6.67. The summed E-state index contributed by atoms with van der Waals surface area (Å²) in [6.07, 6.45) is -3.40. The van der Waals surface area contributed by atoms with E-state index in [-0.39, 0.29) is 11.1 Å². The lowest BCUT2D eigenvalue weighted by atomic mass is 10.0. The van der Waals surface area contributed by atoms with Gasteiger partial charge >= 0.3 is 6.18 Å². The maximum absolute atomic E-state index is 14.5. The Morgan fingerprint density at radius 1 is 0.774 bits per heavy atom. The summed E-state index contributed by atoms with van der Waals surface area (Å²) in [6, 6.07) is 10.3. The predicted molar refractivity (Wildman–Crippen MR) is 101 cm³/mol. The number of hydrogen-bond donors (Lipinski definition) is 0. The van der Waals surface area contributed by atoms with E-state index in [1.807, 2.05) is 19.1 Å². The predicted octanol–water partition coefficient (Wildman–Crippen LogP) is 7.46. The number of hydrogen-bond acceptors (Lipinski definition) is 1. The molecule has 0 spiro atoms. The summed E-state index contributed by atoms with van der Waals surface area (Å²) in [4.78, 5) is 0. The molecule has 0 saturated carbocycles. The number of ether oxygens (including phenoxy) is 1. The van der Waals surface area contributed by atoms with Crippen molar-refractivity contribution in [3.8, 4) is 16.9 Å². The zero-order chi connectivity index (χ0) is 22.8. The number of halogens is 7. The molecule has 0 unspecified atom stereocenters. The van der Waals surface area contributed by atoms with Crippen LogP contribution in [0.2, 0.25) is 0 Å². The van der Waals surface area contributed by atoms with E-state index in [1.54, 1.807) is 12.1 Å². The van der Waals surface area contributed by atoms with Crippen molar-refractivity contribution in [3.63, 3.8) is 0 Å². The molecule has 0 aliphatic heterocycles. The molecule has 0 bridgehead atoms. The highest BCUT2D eigenvalue weighted by molar-refractivity contribution is 5.65. The molecule has 3 rings (SSSR count). The fourth-order valence-electron chi connectivity index (χ4n) is 3.15. The zero-order valence-corrected chi connectivity index (χ0v) is 16.3. The lowest BCUT2D eigenvalue weighted by Crippen LogP contribution is -2.12. The van der Waals surface area contributed by atoms with E-state index in [9.17, 15) is 30.7 Å². The monoisotopic (exact) mass is 442 g/mol. The van der Waals surface area contributed by atoms with Crippen LogP contribution in [-0.4, -0.2) is 0 Å². The smallest absolute Gasteiger partial charge is 0.422 e. The second kappa shape index (κ2) is 8.99. The SMILES string of the molecule is CCCc1ccc(-c2ccc(OCc3cc(F)c(C(F)(F)F)c(F)c3)c(F)c2F)cc1. The molecule has 8 heteroatoms. The minimum atomic E-state index is -5.20. The Bertz CT molecular complexity index is 1050. The van der Waals surface area contributed by atoms with Crippen LogP contribution in [0.3, 0.4) is 0 Å².